The summed E-state index contributed by atoms with van der Waals surface area (Å²) >= 11 is 0. The highest BCUT2D eigenvalue weighted by atomic mass is 16.5. The van der Waals surface area contributed by atoms with Gasteiger partial charge in [0, 0.05) is 37.7 Å². The largest absolute Gasteiger partial charge is 0.368 e. The first-order valence-electron chi connectivity index (χ1n) is 11.0. The van der Waals surface area contributed by atoms with Crippen molar-refractivity contribution in [3.8, 4) is 0 Å². The number of nitrogens with one attached hydrogen (secondary N) is 1. The van der Waals surface area contributed by atoms with Crippen molar-refractivity contribution in [2.45, 2.75) is 75.3 Å². The second-order valence-electron chi connectivity index (χ2n) is 8.77. The third kappa shape index (κ3) is 4.55. The lowest BCUT2D eigenvalue weighted by Gasteiger charge is -2.44. The molecule has 2 saturated heterocycles. The highest BCUT2D eigenvalue weighted by Gasteiger charge is 2.36. The van der Waals surface area contributed by atoms with E-state index in [-0.39, 0.29) is 12.0 Å². The van der Waals surface area contributed by atoms with Gasteiger partial charge in [0.15, 0.2) is 0 Å². The Morgan fingerprint density at radius 1 is 1.04 bits per heavy atom. The maximum atomic E-state index is 12.3. The standard InChI is InChI=1S/C23H34N2O2/c26-22(21-10-7-17-27-21)24-20-11-15-25(16-12-20)18-23(13-5-2-6-14-23)19-8-3-1-4-9-19/h1,3-4,8-9,20-21H,2,5-7,10-18H2,(H,24,26)/t21-/m0/s1. The van der Waals surface area contributed by atoms with Gasteiger partial charge in [0.05, 0.1) is 0 Å². The Labute approximate surface area is 163 Å². The van der Waals surface area contributed by atoms with Crippen molar-refractivity contribution in [3.05, 3.63) is 35.9 Å². The van der Waals surface area contributed by atoms with E-state index >= 15 is 0 Å². The molecule has 0 unspecified atom stereocenters. The first-order chi connectivity index (χ1) is 13.3. The maximum absolute atomic E-state index is 12.3. The molecule has 1 N–H and O–H groups in total. The van der Waals surface area contributed by atoms with Gasteiger partial charge in [0.1, 0.15) is 6.10 Å². The lowest BCUT2D eigenvalue weighted by atomic mass is 9.69. The van der Waals surface area contributed by atoms with Crippen molar-refractivity contribution in [1.29, 1.82) is 0 Å². The van der Waals surface area contributed by atoms with Crippen LogP contribution in [0.3, 0.4) is 0 Å². The smallest absolute Gasteiger partial charge is 0.249 e. The van der Waals surface area contributed by atoms with Crippen LogP contribution in [0.1, 0.15) is 63.4 Å². The molecule has 0 bridgehead atoms. The van der Waals surface area contributed by atoms with E-state index in [9.17, 15) is 4.79 Å². The van der Waals surface area contributed by atoms with Gasteiger partial charge in [-0.1, -0.05) is 49.6 Å². The van der Waals surface area contributed by atoms with Crippen molar-refractivity contribution >= 4 is 5.91 Å². The Bertz CT molecular complexity index is 598. The summed E-state index contributed by atoms with van der Waals surface area (Å²) in [7, 11) is 0. The lowest BCUT2D eigenvalue weighted by molar-refractivity contribution is -0.131. The number of carbonyl (C=O) groups excluding carboxylic acids is 1. The number of benzene rings is 1. The summed E-state index contributed by atoms with van der Waals surface area (Å²) in [6.45, 7) is 4.08. The van der Waals surface area contributed by atoms with Crippen molar-refractivity contribution < 1.29 is 9.53 Å². The monoisotopic (exact) mass is 370 g/mol. The van der Waals surface area contributed by atoms with E-state index in [4.69, 9.17) is 4.74 Å². The van der Waals surface area contributed by atoms with E-state index in [1.165, 1.54) is 44.2 Å². The van der Waals surface area contributed by atoms with Crippen molar-refractivity contribution in [2.24, 2.45) is 0 Å². The minimum absolute atomic E-state index is 0.110. The second-order valence-corrected chi connectivity index (χ2v) is 8.77. The third-order valence-electron chi connectivity index (χ3n) is 6.88. The van der Waals surface area contributed by atoms with Crippen LogP contribution >= 0.6 is 0 Å². The van der Waals surface area contributed by atoms with Gasteiger partial charge in [-0.15, -0.1) is 0 Å². The molecule has 4 nitrogen and oxygen atoms in total. The van der Waals surface area contributed by atoms with E-state index in [1.54, 1.807) is 0 Å². The molecule has 27 heavy (non-hydrogen) atoms. The van der Waals surface area contributed by atoms with Crippen LogP contribution in [0, 0.1) is 0 Å². The molecule has 0 radical (unpaired) electrons. The highest BCUT2D eigenvalue weighted by molar-refractivity contribution is 5.81. The van der Waals surface area contributed by atoms with Gasteiger partial charge in [-0.05, 0) is 44.1 Å². The molecule has 2 aliphatic heterocycles. The van der Waals surface area contributed by atoms with Crippen LogP contribution in [0.25, 0.3) is 0 Å². The van der Waals surface area contributed by atoms with E-state index in [0.717, 1.165) is 45.4 Å². The Hall–Kier alpha value is -1.39. The van der Waals surface area contributed by atoms with Crippen LogP contribution < -0.4 is 5.32 Å². The normalized spacial score (nSPS) is 26.7. The molecule has 3 fully saturated rings. The zero-order chi connectivity index (χ0) is 18.5. The minimum atomic E-state index is -0.202. The first kappa shape index (κ1) is 18.9. The molecule has 0 spiro atoms. The van der Waals surface area contributed by atoms with Gasteiger partial charge in [-0.2, -0.15) is 0 Å². The fourth-order valence-corrected chi connectivity index (χ4v) is 5.30. The molecule has 1 saturated carbocycles. The summed E-state index contributed by atoms with van der Waals surface area (Å²) in [5.41, 5.74) is 1.85. The third-order valence-corrected chi connectivity index (χ3v) is 6.88. The number of piperidine rings is 1. The molecule has 4 heteroatoms. The molecule has 148 valence electrons. The fraction of sp³-hybridized carbons (Fsp3) is 0.696. The molecule has 3 aliphatic rings. The number of carbonyl (C=O) groups is 1. The van der Waals surface area contributed by atoms with Crippen molar-refractivity contribution in [2.75, 3.05) is 26.2 Å². The number of amides is 1. The lowest BCUT2D eigenvalue weighted by Crippen LogP contribution is -2.50. The number of nitrogens with zero attached hydrogens (tertiary/aromatic N) is 1. The number of rotatable bonds is 5. The highest BCUT2D eigenvalue weighted by Crippen LogP contribution is 2.40. The number of hydrogen-bond donors (Lipinski definition) is 1. The van der Waals surface area contributed by atoms with Crippen LogP contribution in [-0.4, -0.2) is 49.2 Å². The van der Waals surface area contributed by atoms with Crippen LogP contribution in [0.2, 0.25) is 0 Å². The molecular formula is C23H34N2O2. The average Bonchev–Trinajstić information content (AvgIpc) is 3.26. The predicted molar refractivity (Wildman–Crippen MR) is 108 cm³/mol. The zero-order valence-corrected chi connectivity index (χ0v) is 16.5. The van der Waals surface area contributed by atoms with Crippen LogP contribution in [0.5, 0.6) is 0 Å². The number of hydrogen-bond acceptors (Lipinski definition) is 3. The van der Waals surface area contributed by atoms with Gasteiger partial charge in [-0.3, -0.25) is 4.79 Å². The molecule has 1 aromatic carbocycles. The fourth-order valence-electron chi connectivity index (χ4n) is 5.30. The van der Waals surface area contributed by atoms with Gasteiger partial charge >= 0.3 is 0 Å². The molecule has 1 aromatic rings. The summed E-state index contributed by atoms with van der Waals surface area (Å²) in [6.07, 6.45) is 10.5. The summed E-state index contributed by atoms with van der Waals surface area (Å²) in [5.74, 6) is 0.110. The first-order valence-corrected chi connectivity index (χ1v) is 11.0. The second kappa shape index (κ2) is 8.74. The SMILES string of the molecule is O=C(NC1CCN(CC2(c3ccccc3)CCCCC2)CC1)[C@@H]1CCCO1. The topological polar surface area (TPSA) is 41.6 Å². The summed E-state index contributed by atoms with van der Waals surface area (Å²) in [4.78, 5) is 14.9. The Kier molecular flexibility index (Phi) is 6.14. The van der Waals surface area contributed by atoms with Gasteiger partial charge in [0.25, 0.3) is 0 Å². The zero-order valence-electron chi connectivity index (χ0n) is 16.5. The quantitative estimate of drug-likeness (QED) is 0.860. The summed E-state index contributed by atoms with van der Waals surface area (Å²) in [5, 5.41) is 3.24. The minimum Gasteiger partial charge on any atom is -0.368 e. The average molecular weight is 371 g/mol. The molecule has 0 aromatic heterocycles. The van der Waals surface area contributed by atoms with Crippen LogP contribution in [0.15, 0.2) is 30.3 Å². The Balaban J connectivity index is 1.32. The molecule has 1 atom stereocenters. The van der Waals surface area contributed by atoms with Crippen molar-refractivity contribution in [3.63, 3.8) is 0 Å². The van der Waals surface area contributed by atoms with Gasteiger partial charge in [-0.25, -0.2) is 0 Å². The molecular weight excluding hydrogens is 336 g/mol. The van der Waals surface area contributed by atoms with E-state index in [2.05, 4.69) is 40.5 Å². The van der Waals surface area contributed by atoms with E-state index in [1.807, 2.05) is 0 Å². The molecule has 1 amide bonds. The molecule has 1 aliphatic carbocycles. The van der Waals surface area contributed by atoms with E-state index in [0.29, 0.717) is 11.5 Å². The number of ether oxygens (including phenoxy) is 1. The molecule has 2 heterocycles. The van der Waals surface area contributed by atoms with Crippen LogP contribution in [-0.2, 0) is 14.9 Å². The molecule has 4 rings (SSSR count). The summed E-state index contributed by atoms with van der Waals surface area (Å²) in [6, 6.07) is 11.5. The van der Waals surface area contributed by atoms with E-state index < -0.39 is 0 Å². The van der Waals surface area contributed by atoms with Gasteiger partial charge < -0.3 is 15.0 Å². The predicted octanol–water partition coefficient (Wildman–Crippen LogP) is 3.65. The van der Waals surface area contributed by atoms with Crippen LogP contribution in [0.4, 0.5) is 0 Å². The van der Waals surface area contributed by atoms with Gasteiger partial charge in [0.2, 0.25) is 5.91 Å². The number of likely N-dealkylation sites (tertiary alicyclic amines) is 1. The van der Waals surface area contributed by atoms with Crippen molar-refractivity contribution in [1.82, 2.24) is 10.2 Å². The Morgan fingerprint density at radius 2 is 1.78 bits per heavy atom. The Morgan fingerprint density at radius 3 is 2.44 bits per heavy atom. The summed E-state index contributed by atoms with van der Waals surface area (Å²) < 4.78 is 5.52. The maximum Gasteiger partial charge on any atom is 0.249 e.